The summed E-state index contributed by atoms with van der Waals surface area (Å²) < 4.78 is 2.10. The monoisotopic (exact) mass is 460 g/mol. The van der Waals surface area contributed by atoms with Crippen LogP contribution in [0.3, 0.4) is 0 Å². The van der Waals surface area contributed by atoms with Crippen LogP contribution in [0.1, 0.15) is 34.6 Å². The Balaban J connectivity index is 1.82. The molecule has 1 amide bonds. The van der Waals surface area contributed by atoms with E-state index in [-0.39, 0.29) is 12.2 Å². The van der Waals surface area contributed by atoms with E-state index in [1.165, 1.54) is 0 Å². The van der Waals surface area contributed by atoms with Crippen molar-refractivity contribution in [2.45, 2.75) is 19.5 Å². The molecule has 0 aliphatic rings. The van der Waals surface area contributed by atoms with Crippen molar-refractivity contribution in [2.75, 3.05) is 0 Å². The van der Waals surface area contributed by atoms with Gasteiger partial charge in [-0.3, -0.25) is 9.59 Å². The first kappa shape index (κ1) is 22.2. The van der Waals surface area contributed by atoms with Crippen LogP contribution >= 0.6 is 11.6 Å². The van der Waals surface area contributed by atoms with Gasteiger partial charge in [-0.05, 0) is 42.3 Å². The first-order chi connectivity index (χ1) is 16.0. The van der Waals surface area contributed by atoms with E-state index in [9.17, 15) is 14.4 Å². The maximum atomic E-state index is 13.3. The van der Waals surface area contributed by atoms with Gasteiger partial charge in [0.15, 0.2) is 0 Å². The van der Waals surface area contributed by atoms with Crippen molar-refractivity contribution in [3.8, 4) is 5.69 Å². The number of aromatic nitrogens is 3. The van der Waals surface area contributed by atoms with Gasteiger partial charge in [0.05, 0.1) is 11.7 Å². The molecule has 7 nitrogen and oxygen atoms in total. The Morgan fingerprint density at radius 3 is 2.18 bits per heavy atom. The van der Waals surface area contributed by atoms with Gasteiger partial charge in [-0.25, -0.2) is 9.36 Å². The van der Waals surface area contributed by atoms with Crippen molar-refractivity contribution in [2.24, 2.45) is 0 Å². The number of halogens is 1. The summed E-state index contributed by atoms with van der Waals surface area (Å²) in [7, 11) is 0. The van der Waals surface area contributed by atoms with E-state index in [0.717, 1.165) is 20.4 Å². The third-order valence-corrected chi connectivity index (χ3v) is 5.51. The van der Waals surface area contributed by atoms with Crippen molar-refractivity contribution in [3.05, 3.63) is 128 Å². The Labute approximate surface area is 194 Å². The van der Waals surface area contributed by atoms with E-state index in [1.807, 2.05) is 60.7 Å². The summed E-state index contributed by atoms with van der Waals surface area (Å²) >= 11 is 5.98. The van der Waals surface area contributed by atoms with Crippen molar-refractivity contribution < 1.29 is 4.79 Å². The van der Waals surface area contributed by atoms with Gasteiger partial charge in [0.2, 0.25) is 5.69 Å². The van der Waals surface area contributed by atoms with E-state index in [2.05, 4.69) is 10.4 Å². The molecule has 1 aromatic heterocycles. The zero-order chi connectivity index (χ0) is 23.4. The van der Waals surface area contributed by atoms with E-state index >= 15 is 0 Å². The number of hydrogen-bond donors (Lipinski definition) is 1. The molecule has 3 aromatic carbocycles. The lowest BCUT2D eigenvalue weighted by Gasteiger charge is -2.17. The van der Waals surface area contributed by atoms with Crippen LogP contribution in [0.15, 0.2) is 94.5 Å². The number of amides is 1. The first-order valence-electron chi connectivity index (χ1n) is 10.3. The number of nitrogens with zero attached hydrogens (tertiary/aromatic N) is 3. The zero-order valence-electron chi connectivity index (χ0n) is 17.8. The molecule has 4 aromatic rings. The predicted octanol–water partition coefficient (Wildman–Crippen LogP) is 3.59. The van der Waals surface area contributed by atoms with Gasteiger partial charge in [0, 0.05) is 11.6 Å². The molecule has 0 saturated carbocycles. The first-order valence-corrected chi connectivity index (χ1v) is 10.7. The molecule has 0 bridgehead atoms. The van der Waals surface area contributed by atoms with Gasteiger partial charge in [-0.2, -0.15) is 9.78 Å². The molecule has 0 aliphatic heterocycles. The number of hydrogen-bond acceptors (Lipinski definition) is 4. The molecule has 0 saturated heterocycles. The molecule has 0 unspecified atom stereocenters. The highest BCUT2D eigenvalue weighted by molar-refractivity contribution is 6.30. The molecule has 0 aliphatic carbocycles. The average molecular weight is 461 g/mol. The maximum Gasteiger partial charge on any atom is 0.352 e. The van der Waals surface area contributed by atoms with Crippen molar-refractivity contribution in [1.82, 2.24) is 19.7 Å². The van der Waals surface area contributed by atoms with Crippen LogP contribution in [-0.4, -0.2) is 20.3 Å². The van der Waals surface area contributed by atoms with Crippen LogP contribution in [0.5, 0.6) is 0 Å². The second-order valence-electron chi connectivity index (χ2n) is 7.45. The molecule has 4 rings (SSSR count). The number of rotatable bonds is 6. The van der Waals surface area contributed by atoms with Crippen molar-refractivity contribution >= 4 is 17.5 Å². The van der Waals surface area contributed by atoms with Crippen LogP contribution in [-0.2, 0) is 6.54 Å². The largest absolute Gasteiger partial charge is 0.352 e. The molecule has 1 atom stereocenters. The van der Waals surface area contributed by atoms with E-state index in [0.29, 0.717) is 10.7 Å². The summed E-state index contributed by atoms with van der Waals surface area (Å²) in [6.45, 7) is 1.95. The Hall–Kier alpha value is -3.97. The minimum absolute atomic E-state index is 0.217. The molecule has 1 heterocycles. The highest BCUT2D eigenvalue weighted by Crippen LogP contribution is 2.15. The number of carbonyl (C=O) groups is 1. The molecule has 8 heteroatoms. The smallest absolute Gasteiger partial charge is 0.346 e. The van der Waals surface area contributed by atoms with Gasteiger partial charge in [0.1, 0.15) is 0 Å². The maximum absolute atomic E-state index is 13.3. The molecule has 0 spiro atoms. The van der Waals surface area contributed by atoms with Crippen LogP contribution in [0.2, 0.25) is 5.02 Å². The summed E-state index contributed by atoms with van der Waals surface area (Å²) in [5.41, 5.74) is 0.222. The quantitative estimate of drug-likeness (QED) is 0.476. The fourth-order valence-electron chi connectivity index (χ4n) is 3.47. The van der Waals surface area contributed by atoms with Gasteiger partial charge in [0.25, 0.3) is 11.5 Å². The Morgan fingerprint density at radius 1 is 0.939 bits per heavy atom. The molecule has 166 valence electrons. The molecule has 33 heavy (non-hydrogen) atoms. The van der Waals surface area contributed by atoms with Gasteiger partial charge >= 0.3 is 5.69 Å². The summed E-state index contributed by atoms with van der Waals surface area (Å²) in [6.07, 6.45) is 0. The Morgan fingerprint density at radius 2 is 1.55 bits per heavy atom. The molecular formula is C25H21ClN4O3. The third-order valence-electron chi connectivity index (χ3n) is 5.26. The Kier molecular flexibility index (Phi) is 6.51. The van der Waals surface area contributed by atoms with Gasteiger partial charge in [-0.1, -0.05) is 72.3 Å². The standard InChI is InChI=1S/C25H21ClN4O3/c1-17(19-10-6-3-7-11-19)29-24(32)22(23(31)27-16-18-8-4-2-5-9-18)28-30(25(29)33)21-14-12-20(26)13-15-21/h2-15,17H,16H2,1H3,(H,27,31)/t17-/m1/s1. The van der Waals surface area contributed by atoms with Crippen LogP contribution in [0.4, 0.5) is 0 Å². The highest BCUT2D eigenvalue weighted by atomic mass is 35.5. The fraction of sp³-hybridized carbons (Fsp3) is 0.120. The summed E-state index contributed by atoms with van der Waals surface area (Å²) in [5, 5.41) is 7.34. The lowest BCUT2D eigenvalue weighted by molar-refractivity contribution is 0.0941. The molecule has 0 fully saturated rings. The lowest BCUT2D eigenvalue weighted by atomic mass is 10.1. The summed E-state index contributed by atoms with van der Waals surface area (Å²) in [5.74, 6) is -0.666. The number of benzene rings is 3. The van der Waals surface area contributed by atoms with Gasteiger partial charge in [-0.15, -0.1) is 0 Å². The second kappa shape index (κ2) is 9.67. The number of carbonyl (C=O) groups excluding carboxylic acids is 1. The molecule has 1 N–H and O–H groups in total. The average Bonchev–Trinajstić information content (AvgIpc) is 2.84. The van der Waals surface area contributed by atoms with Crippen LogP contribution in [0.25, 0.3) is 5.69 Å². The van der Waals surface area contributed by atoms with Crippen LogP contribution in [0, 0.1) is 0 Å². The highest BCUT2D eigenvalue weighted by Gasteiger charge is 2.23. The fourth-order valence-corrected chi connectivity index (χ4v) is 3.59. The van der Waals surface area contributed by atoms with Crippen molar-refractivity contribution in [3.63, 3.8) is 0 Å². The van der Waals surface area contributed by atoms with E-state index in [1.54, 1.807) is 31.2 Å². The second-order valence-corrected chi connectivity index (χ2v) is 7.89. The normalized spacial score (nSPS) is 11.7. The van der Waals surface area contributed by atoms with E-state index in [4.69, 9.17) is 11.6 Å². The molecular weight excluding hydrogens is 440 g/mol. The Bertz CT molecular complexity index is 1380. The van der Waals surface area contributed by atoms with Gasteiger partial charge < -0.3 is 5.32 Å². The molecule has 0 radical (unpaired) electrons. The van der Waals surface area contributed by atoms with E-state index < -0.39 is 23.2 Å². The summed E-state index contributed by atoms with van der Waals surface area (Å²) in [6, 6.07) is 24.2. The zero-order valence-corrected chi connectivity index (χ0v) is 18.6. The topological polar surface area (TPSA) is 86.0 Å². The minimum atomic E-state index is -0.757. The summed E-state index contributed by atoms with van der Waals surface area (Å²) in [4.78, 5) is 39.6. The lowest BCUT2D eigenvalue weighted by Crippen LogP contribution is -2.47. The van der Waals surface area contributed by atoms with Crippen LogP contribution < -0.4 is 16.6 Å². The third kappa shape index (κ3) is 4.78. The predicted molar refractivity (Wildman–Crippen MR) is 127 cm³/mol. The van der Waals surface area contributed by atoms with Crippen molar-refractivity contribution in [1.29, 1.82) is 0 Å². The minimum Gasteiger partial charge on any atom is -0.346 e. The SMILES string of the molecule is C[C@H](c1ccccc1)n1c(=O)c(C(=O)NCc2ccccc2)nn(-c2ccc(Cl)cc2)c1=O. The number of nitrogens with one attached hydrogen (secondary N) is 1.